The van der Waals surface area contributed by atoms with Crippen molar-refractivity contribution in [1.82, 2.24) is 0 Å². The van der Waals surface area contributed by atoms with E-state index in [1.54, 1.807) is 6.92 Å². The molecule has 5 heteroatoms. The molecule has 0 amide bonds. The summed E-state index contributed by atoms with van der Waals surface area (Å²) in [5.74, 6) is -6.07. The summed E-state index contributed by atoms with van der Waals surface area (Å²) < 4.78 is 25.8. The van der Waals surface area contributed by atoms with Crippen LogP contribution in [0, 0.1) is 56.3 Å². The summed E-state index contributed by atoms with van der Waals surface area (Å²) in [6.45, 7) is 10.1. The van der Waals surface area contributed by atoms with Gasteiger partial charge in [0.1, 0.15) is 0 Å². The number of hydrogen-bond acceptors (Lipinski definition) is 2. The first kappa shape index (κ1) is 31.1. The van der Waals surface area contributed by atoms with Gasteiger partial charge < -0.3 is 12.2 Å². The maximum absolute atomic E-state index is 12.9. The summed E-state index contributed by atoms with van der Waals surface area (Å²) in [5, 5.41) is 0. The van der Waals surface area contributed by atoms with Gasteiger partial charge in [-0.1, -0.05) is 72.6 Å². The van der Waals surface area contributed by atoms with Crippen LogP contribution in [0.1, 0.15) is 73.6 Å². The minimum atomic E-state index is -3.33. The van der Waals surface area contributed by atoms with Crippen molar-refractivity contribution in [3.05, 3.63) is 7.43 Å². The molecule has 0 heterocycles. The largest absolute Gasteiger partial charge is 2.00 e. The first-order chi connectivity index (χ1) is 9.67. The Hall–Kier alpha value is 0.252. The molecule has 23 heavy (non-hydrogen) atoms. The van der Waals surface area contributed by atoms with E-state index in [1.807, 2.05) is 13.2 Å². The number of ketones is 1. The van der Waals surface area contributed by atoms with Crippen molar-refractivity contribution in [2.24, 2.45) is 17.8 Å². The van der Waals surface area contributed by atoms with Gasteiger partial charge in [0, 0.05) is 12.8 Å². The molecule has 0 aliphatic heterocycles. The SMILES string of the molecule is CCCC.CCCCC([C-]=O)C(C)C(C)C(=O)C(C)(F)F.[CH3-].[U+2]. The molecular formula is C18H34F2O2U. The fourth-order valence-electron chi connectivity index (χ4n) is 1.84. The Balaban J connectivity index is -0.000000268. The zero-order chi connectivity index (χ0) is 17.1. The maximum atomic E-state index is 12.9. The van der Waals surface area contributed by atoms with Crippen LogP contribution in [0.2, 0.25) is 0 Å². The number of rotatable bonds is 9. The summed E-state index contributed by atoms with van der Waals surface area (Å²) in [5.41, 5.74) is 0. The van der Waals surface area contributed by atoms with Crippen LogP contribution in [-0.2, 0) is 9.59 Å². The van der Waals surface area contributed by atoms with Crippen molar-refractivity contribution in [1.29, 1.82) is 0 Å². The zero-order valence-corrected chi connectivity index (χ0v) is 20.0. The van der Waals surface area contributed by atoms with Crippen LogP contribution in [-0.4, -0.2) is 18.0 Å². The van der Waals surface area contributed by atoms with Crippen LogP contribution in [0.5, 0.6) is 0 Å². The molecule has 3 atom stereocenters. The van der Waals surface area contributed by atoms with Gasteiger partial charge in [0.15, 0.2) is 0 Å². The third kappa shape index (κ3) is 14.3. The second-order valence-corrected chi connectivity index (χ2v) is 5.77. The van der Waals surface area contributed by atoms with Crippen molar-refractivity contribution in [2.75, 3.05) is 0 Å². The minimum Gasteiger partial charge on any atom is -0.542 e. The molecule has 0 saturated heterocycles. The van der Waals surface area contributed by atoms with Crippen LogP contribution in [0.15, 0.2) is 0 Å². The fourth-order valence-corrected chi connectivity index (χ4v) is 1.84. The Morgan fingerprint density at radius 2 is 1.52 bits per heavy atom. The molecule has 0 bridgehead atoms. The molecule has 0 aliphatic carbocycles. The van der Waals surface area contributed by atoms with E-state index in [0.717, 1.165) is 12.8 Å². The summed E-state index contributed by atoms with van der Waals surface area (Å²) in [7, 11) is 0. The molecule has 0 aromatic rings. The number of carbonyl (C=O) groups excluding carboxylic acids is 2. The van der Waals surface area contributed by atoms with Gasteiger partial charge >= 0.3 is 37.0 Å². The molecule has 0 spiro atoms. The second-order valence-electron chi connectivity index (χ2n) is 5.77. The van der Waals surface area contributed by atoms with Crippen LogP contribution < -0.4 is 0 Å². The third-order valence-electron chi connectivity index (χ3n) is 3.79. The van der Waals surface area contributed by atoms with Gasteiger partial charge in [0.25, 0.3) is 0 Å². The molecule has 136 valence electrons. The minimum absolute atomic E-state index is 0. The molecule has 0 rings (SSSR count). The number of hydrogen-bond donors (Lipinski definition) is 0. The maximum Gasteiger partial charge on any atom is 2.00 e. The Labute approximate surface area is 165 Å². The van der Waals surface area contributed by atoms with E-state index in [-0.39, 0.29) is 38.5 Å². The summed E-state index contributed by atoms with van der Waals surface area (Å²) in [6.07, 6.45) is 6.89. The van der Waals surface area contributed by atoms with Crippen LogP contribution in [0.25, 0.3) is 0 Å². The summed E-state index contributed by atoms with van der Waals surface area (Å²) in [6, 6.07) is 0. The fraction of sp³-hybridized carbons (Fsp3) is 0.833. The van der Waals surface area contributed by atoms with Crippen molar-refractivity contribution in [2.45, 2.75) is 79.6 Å². The van der Waals surface area contributed by atoms with Crippen molar-refractivity contribution < 1.29 is 49.5 Å². The average molecular weight is 558 g/mol. The molecule has 2 nitrogen and oxygen atoms in total. The van der Waals surface area contributed by atoms with Crippen LogP contribution in [0.4, 0.5) is 8.78 Å². The molecule has 3 unspecified atom stereocenters. The summed E-state index contributed by atoms with van der Waals surface area (Å²) in [4.78, 5) is 22.2. The molecule has 0 saturated carbocycles. The standard InChI is InChI=1S/C13H21F2O2.C4H10.CH3.U/c1-5-6-7-11(8-16)9(2)10(3)12(17)13(4,14)15;1-3-4-2;;/h9-11H,5-7H2,1-4H3;3-4H2,1-2H3;1H3;/q-1;;-1;+2. The number of carbonyl (C=O) groups is 1. The van der Waals surface area contributed by atoms with Gasteiger partial charge in [-0.05, 0) is 0 Å². The van der Waals surface area contributed by atoms with E-state index in [4.69, 9.17) is 0 Å². The van der Waals surface area contributed by atoms with Crippen LogP contribution in [0.3, 0.4) is 0 Å². The third-order valence-corrected chi connectivity index (χ3v) is 3.79. The second kappa shape index (κ2) is 17.1. The van der Waals surface area contributed by atoms with Crippen molar-refractivity contribution in [3.63, 3.8) is 0 Å². The van der Waals surface area contributed by atoms with Gasteiger partial charge in [-0.25, -0.2) is 0 Å². The van der Waals surface area contributed by atoms with Gasteiger partial charge in [-0.3, -0.25) is 11.1 Å². The number of alkyl halides is 2. The van der Waals surface area contributed by atoms with E-state index in [2.05, 4.69) is 13.8 Å². The van der Waals surface area contributed by atoms with E-state index >= 15 is 0 Å². The van der Waals surface area contributed by atoms with Gasteiger partial charge in [-0.2, -0.15) is 8.78 Å². The van der Waals surface area contributed by atoms with E-state index in [0.29, 0.717) is 13.3 Å². The molecule has 0 N–H and O–H groups in total. The Kier molecular flexibility index (Phi) is 23.1. The first-order valence-corrected chi connectivity index (χ1v) is 7.96. The number of Topliss-reactive ketones (excluding diaryl/α,β-unsaturated/α-hetero) is 1. The molecule has 0 aromatic carbocycles. The molecule has 0 fully saturated rings. The smallest absolute Gasteiger partial charge is 0.542 e. The average Bonchev–Trinajstić information content (AvgIpc) is 2.45. The topological polar surface area (TPSA) is 34.1 Å². The molecule has 0 aliphatic rings. The number of unbranched alkanes of at least 4 members (excludes halogenated alkanes) is 2. The summed E-state index contributed by atoms with van der Waals surface area (Å²) >= 11 is 0. The van der Waals surface area contributed by atoms with E-state index in [1.165, 1.54) is 19.8 Å². The van der Waals surface area contributed by atoms with Gasteiger partial charge in [-0.15, -0.1) is 5.92 Å². The van der Waals surface area contributed by atoms with E-state index < -0.39 is 29.5 Å². The van der Waals surface area contributed by atoms with Gasteiger partial charge in [0.2, 0.25) is 5.78 Å². The van der Waals surface area contributed by atoms with Crippen molar-refractivity contribution >= 4 is 12.1 Å². The molecular weight excluding hydrogens is 524 g/mol. The first-order valence-electron chi connectivity index (χ1n) is 7.96. The van der Waals surface area contributed by atoms with E-state index in [9.17, 15) is 18.4 Å². The Bertz CT molecular complexity index is 289. The zero-order valence-electron chi connectivity index (χ0n) is 15.8. The normalized spacial score (nSPS) is 14.1. The van der Waals surface area contributed by atoms with Gasteiger partial charge in [0.05, 0.1) is 0 Å². The molecule has 0 aromatic heterocycles. The number of halogens is 2. The monoisotopic (exact) mass is 558 g/mol. The Morgan fingerprint density at radius 1 is 1.09 bits per heavy atom. The quantitative estimate of drug-likeness (QED) is 0.343. The predicted molar refractivity (Wildman–Crippen MR) is 89.7 cm³/mol. The predicted octanol–water partition coefficient (Wildman–Crippen LogP) is 5.66. The van der Waals surface area contributed by atoms with Crippen LogP contribution >= 0.6 is 0 Å². The Morgan fingerprint density at radius 3 is 1.78 bits per heavy atom. The van der Waals surface area contributed by atoms with Crippen molar-refractivity contribution in [3.8, 4) is 0 Å². The molecule has 0 radical (unpaired) electrons.